The fourth-order valence-corrected chi connectivity index (χ4v) is 10.00. The molecule has 0 aliphatic rings. The smallest absolute Gasteiger partial charge is 0.498 e. The normalized spacial score (nSPS) is 11.3. The molecule has 18 heteroatoms. The molecule has 0 aliphatic carbocycles. The summed E-state index contributed by atoms with van der Waals surface area (Å²) in [4.78, 5) is 56.9. The summed E-state index contributed by atoms with van der Waals surface area (Å²) < 4.78 is 17.6. The monoisotopic (exact) mass is 1090 g/mol. The Kier molecular flexibility index (Phi) is 16.7. The van der Waals surface area contributed by atoms with E-state index in [1.165, 1.54) is 21.3 Å². The number of aromatic nitrogens is 12. The first kappa shape index (κ1) is 54.5. The van der Waals surface area contributed by atoms with Crippen LogP contribution in [0.4, 0.5) is 0 Å². The van der Waals surface area contributed by atoms with Gasteiger partial charge in [0.1, 0.15) is 19.3 Å². The average molecular weight is 1090 g/mol. The zero-order chi connectivity index (χ0) is 56.4. The summed E-state index contributed by atoms with van der Waals surface area (Å²) in [6, 6.07) is 32.4. The SMILES string of the molecule is Cc1cn(CCC[n+]2ccc(-c3cc[n+](Cc4cc(C[n+]5ccc(-c6cc[n+](CCCn7cc(C)c(=O)[nH]c7=O)cc6)cc5)cc(C[n+]5ccc(-c6cc[n+](CCC[n+]7cc(C)c(O)[nH]c7=O)cc6)cc5)c4)cc3)cc2)c(=O)nc1[O-]. The Hall–Kier alpha value is -9.84. The molecule has 0 radical (unpaired) electrons. The second kappa shape index (κ2) is 24.9. The molecule has 0 saturated heterocycles. The predicted molar refractivity (Wildman–Crippen MR) is 297 cm³/mol. The van der Waals surface area contributed by atoms with Gasteiger partial charge >= 0.3 is 17.1 Å². The number of nitrogens with zero attached hydrogens (tertiary/aromatic N) is 10. The minimum Gasteiger partial charge on any atom is -0.858 e. The van der Waals surface area contributed by atoms with Crippen LogP contribution in [0.5, 0.6) is 11.8 Å². The maximum Gasteiger partial charge on any atom is 0.498 e. The lowest BCUT2D eigenvalue weighted by molar-refractivity contribution is -0.736. The lowest BCUT2D eigenvalue weighted by Crippen LogP contribution is -2.52. The molecule has 408 valence electrons. The van der Waals surface area contributed by atoms with E-state index >= 15 is 0 Å². The third-order valence-corrected chi connectivity index (χ3v) is 14.5. The summed E-state index contributed by atoms with van der Waals surface area (Å²) in [7, 11) is 0. The first-order chi connectivity index (χ1) is 39.2. The Morgan fingerprint density at radius 1 is 0.469 bits per heavy atom. The Labute approximate surface area is 467 Å². The highest BCUT2D eigenvalue weighted by atomic mass is 16.3. The minimum atomic E-state index is -0.513. The molecule has 9 aromatic heterocycles. The largest absolute Gasteiger partial charge is 0.858 e. The van der Waals surface area contributed by atoms with Crippen LogP contribution in [0.25, 0.3) is 33.4 Å². The van der Waals surface area contributed by atoms with Crippen LogP contribution in [-0.4, -0.2) is 29.2 Å². The van der Waals surface area contributed by atoms with Crippen molar-refractivity contribution in [2.45, 2.75) is 98.9 Å². The van der Waals surface area contributed by atoms with Gasteiger partial charge in [-0.1, -0.05) is 0 Å². The number of aryl methyl sites for hydroxylation is 9. The molecule has 1 aromatic carbocycles. The third kappa shape index (κ3) is 14.1. The lowest BCUT2D eigenvalue weighted by atomic mass is 10.0. The molecular weight excluding hydrogens is 1020 g/mol. The zero-order valence-electron chi connectivity index (χ0n) is 45.8. The van der Waals surface area contributed by atoms with Crippen molar-refractivity contribution >= 4 is 0 Å². The summed E-state index contributed by atoms with van der Waals surface area (Å²) in [6.45, 7) is 10.9. The van der Waals surface area contributed by atoms with Crippen LogP contribution < -0.4 is 59.7 Å². The molecule has 0 atom stereocenters. The predicted octanol–water partition coefficient (Wildman–Crippen LogP) is 2.92. The molecule has 0 aliphatic heterocycles. The molecule has 9 heterocycles. The molecule has 0 spiro atoms. The summed E-state index contributed by atoms with van der Waals surface area (Å²) >= 11 is 0. The van der Waals surface area contributed by atoms with E-state index in [9.17, 15) is 29.4 Å². The first-order valence-electron chi connectivity index (χ1n) is 27.2. The fraction of sp³-hybridized carbons (Fsp3) is 0.238. The van der Waals surface area contributed by atoms with Gasteiger partial charge in [0, 0.05) is 140 Å². The van der Waals surface area contributed by atoms with Crippen molar-refractivity contribution in [3.8, 4) is 45.1 Å². The van der Waals surface area contributed by atoms with Gasteiger partial charge in [0.05, 0.1) is 12.1 Å². The van der Waals surface area contributed by atoms with Gasteiger partial charge in [0.2, 0.25) is 0 Å². The van der Waals surface area contributed by atoms with Gasteiger partial charge in [0.15, 0.2) is 101 Å². The Morgan fingerprint density at radius 3 is 1.26 bits per heavy atom. The number of benzene rings is 1. The number of nitrogens with one attached hydrogen (secondary N) is 2. The second-order valence-electron chi connectivity index (χ2n) is 20.7. The van der Waals surface area contributed by atoms with Crippen LogP contribution in [0.2, 0.25) is 0 Å². The topological polar surface area (TPSA) is 193 Å². The van der Waals surface area contributed by atoms with Crippen LogP contribution in [0.3, 0.4) is 0 Å². The molecule has 18 nitrogen and oxygen atoms in total. The average Bonchev–Trinajstić information content (AvgIpc) is 3.48. The van der Waals surface area contributed by atoms with E-state index in [1.807, 2.05) is 12.4 Å². The van der Waals surface area contributed by atoms with E-state index in [1.54, 1.807) is 48.5 Å². The number of H-pyrrole nitrogens is 2. The quantitative estimate of drug-likeness (QED) is 0.0922. The van der Waals surface area contributed by atoms with Crippen molar-refractivity contribution in [1.82, 2.24) is 24.1 Å². The first-order valence-corrected chi connectivity index (χ1v) is 27.2. The third-order valence-electron chi connectivity index (χ3n) is 14.5. The van der Waals surface area contributed by atoms with E-state index in [0.29, 0.717) is 68.9 Å². The van der Waals surface area contributed by atoms with E-state index < -0.39 is 11.6 Å². The van der Waals surface area contributed by atoms with Crippen LogP contribution in [0, 0.1) is 20.8 Å². The maximum absolute atomic E-state index is 12.3. The number of aromatic amines is 2. The molecule has 0 fully saturated rings. The second-order valence-corrected chi connectivity index (χ2v) is 20.7. The van der Waals surface area contributed by atoms with E-state index in [0.717, 1.165) is 59.3 Å². The van der Waals surface area contributed by atoms with Crippen LogP contribution in [0.1, 0.15) is 52.6 Å². The van der Waals surface area contributed by atoms with Crippen molar-refractivity contribution < 1.29 is 42.2 Å². The molecule has 0 bridgehead atoms. The highest BCUT2D eigenvalue weighted by Crippen LogP contribution is 2.20. The number of hydrogen-bond acceptors (Lipinski definition) is 7. The van der Waals surface area contributed by atoms with Crippen molar-refractivity contribution in [3.05, 3.63) is 259 Å². The van der Waals surface area contributed by atoms with Gasteiger partial charge in [-0.25, -0.2) is 42.0 Å². The number of aromatic hydroxyl groups is 1. The highest BCUT2D eigenvalue weighted by Gasteiger charge is 2.17. The summed E-state index contributed by atoms with van der Waals surface area (Å²) in [6.07, 6.45) is 32.2. The molecule has 0 unspecified atom stereocenters. The van der Waals surface area contributed by atoms with Gasteiger partial charge in [-0.05, 0) is 83.8 Å². The molecule has 81 heavy (non-hydrogen) atoms. The highest BCUT2D eigenvalue weighted by molar-refractivity contribution is 5.62. The Balaban J connectivity index is 0.804. The van der Waals surface area contributed by atoms with Gasteiger partial charge < -0.3 is 14.8 Å². The molecule has 10 aromatic rings. The van der Waals surface area contributed by atoms with Gasteiger partial charge in [-0.3, -0.25) is 14.3 Å². The van der Waals surface area contributed by atoms with Crippen molar-refractivity contribution in [2.75, 3.05) is 0 Å². The standard InChI is InChI=1S/C63H63N12O6/c1-46-40-73(61(79)64-58(46)76)22-4-19-67-25-7-52(8-26-67)55-13-31-70(32-14-55)43-49-37-50(44-71-33-15-56(16-34-71)53-9-27-68(28-10-53)20-5-23-74-41-47(2)59(77)65-62(74)80)39-51(38-49)45-72-35-17-57(18-36-72)54-11-29-69(30-12-54)21-6-24-75-42-48(3)60(78)66-63(75)81/h7-18,25-42H,4-6,19-24,43-45H2,1-3H3/q+3/p+3. The van der Waals surface area contributed by atoms with Gasteiger partial charge in [0.25, 0.3) is 11.4 Å². The van der Waals surface area contributed by atoms with E-state index in [2.05, 4.69) is 195 Å². The fourth-order valence-electron chi connectivity index (χ4n) is 10.00. The molecule has 0 amide bonds. The van der Waals surface area contributed by atoms with E-state index in [4.69, 9.17) is 0 Å². The minimum absolute atomic E-state index is 0.100. The van der Waals surface area contributed by atoms with E-state index in [-0.39, 0.29) is 22.8 Å². The van der Waals surface area contributed by atoms with Crippen molar-refractivity contribution in [1.29, 1.82) is 0 Å². The molecule has 10 rings (SSSR count). The van der Waals surface area contributed by atoms with Crippen LogP contribution in [-0.2, 0) is 58.9 Å². The zero-order valence-corrected chi connectivity index (χ0v) is 45.8. The van der Waals surface area contributed by atoms with Crippen molar-refractivity contribution in [3.63, 3.8) is 0 Å². The van der Waals surface area contributed by atoms with Crippen LogP contribution >= 0.6 is 0 Å². The Morgan fingerprint density at radius 2 is 0.840 bits per heavy atom. The maximum atomic E-state index is 12.3. The van der Waals surface area contributed by atoms with Gasteiger partial charge in [-0.15, -0.1) is 0 Å². The number of pyridine rings is 6. The number of rotatable bonds is 21. The lowest BCUT2D eigenvalue weighted by Gasteiger charge is -2.11. The molecular formula is C63H66N12O6+6. The number of hydrogen-bond donors (Lipinski definition) is 3. The molecule has 0 saturated carbocycles. The Bertz CT molecular complexity index is 3890. The summed E-state index contributed by atoms with van der Waals surface area (Å²) in [5.41, 5.74) is 10.2. The summed E-state index contributed by atoms with van der Waals surface area (Å²) in [5, 5.41) is 21.5. The van der Waals surface area contributed by atoms with Crippen molar-refractivity contribution in [2.24, 2.45) is 0 Å². The summed E-state index contributed by atoms with van der Waals surface area (Å²) in [5.74, 6) is -0.574. The molecule has 3 N–H and O–H groups in total. The van der Waals surface area contributed by atoms with Crippen LogP contribution in [0.15, 0.2) is 203 Å². The van der Waals surface area contributed by atoms with Gasteiger partial charge in [-0.2, -0.15) is 14.3 Å².